The Morgan fingerprint density at radius 3 is 2.66 bits per heavy atom. The summed E-state index contributed by atoms with van der Waals surface area (Å²) in [5, 5.41) is 9.02. The average molecular weight is 430 g/mol. The van der Waals surface area contributed by atoms with Crippen molar-refractivity contribution in [3.8, 4) is 6.07 Å². The van der Waals surface area contributed by atoms with Gasteiger partial charge in [-0.2, -0.15) is 5.26 Å². The van der Waals surface area contributed by atoms with Crippen molar-refractivity contribution >= 4 is 17.0 Å². The maximum absolute atomic E-state index is 13.0. The molecule has 164 valence electrons. The number of benzene rings is 2. The molecule has 2 atom stereocenters. The fourth-order valence-electron chi connectivity index (χ4n) is 4.77. The van der Waals surface area contributed by atoms with Crippen molar-refractivity contribution in [2.75, 3.05) is 6.61 Å². The molecule has 0 aliphatic heterocycles. The number of hydrogen-bond donors (Lipinski definition) is 0. The molecular formula is C26H27N3O3. The second-order valence-corrected chi connectivity index (χ2v) is 8.37. The predicted octanol–water partition coefficient (Wildman–Crippen LogP) is 4.23. The molecule has 2 aromatic carbocycles. The van der Waals surface area contributed by atoms with Crippen LogP contribution in [0.5, 0.6) is 0 Å². The summed E-state index contributed by atoms with van der Waals surface area (Å²) >= 11 is 0. The van der Waals surface area contributed by atoms with Gasteiger partial charge >= 0.3 is 5.97 Å². The number of esters is 1. The molecule has 0 radical (unpaired) electrons. The van der Waals surface area contributed by atoms with E-state index in [-0.39, 0.29) is 23.4 Å². The smallest absolute Gasteiger partial charge is 0.309 e. The summed E-state index contributed by atoms with van der Waals surface area (Å²) in [6.07, 6.45) is 4.16. The van der Waals surface area contributed by atoms with Crippen molar-refractivity contribution in [3.63, 3.8) is 0 Å². The van der Waals surface area contributed by atoms with Crippen molar-refractivity contribution in [2.24, 2.45) is 13.0 Å². The highest BCUT2D eigenvalue weighted by Gasteiger charge is 2.34. The lowest BCUT2D eigenvalue weighted by atomic mass is 9.75. The molecule has 4 rings (SSSR count). The highest BCUT2D eigenvalue weighted by molar-refractivity contribution is 5.81. The molecule has 2 unspecified atom stereocenters. The summed E-state index contributed by atoms with van der Waals surface area (Å²) in [4.78, 5) is 30.5. The van der Waals surface area contributed by atoms with Crippen molar-refractivity contribution < 1.29 is 9.53 Å². The number of carbonyl (C=O) groups is 1. The topological polar surface area (TPSA) is 85.0 Å². The molecule has 1 aliphatic carbocycles. The minimum absolute atomic E-state index is 0.0271. The number of rotatable bonds is 5. The van der Waals surface area contributed by atoms with Crippen LogP contribution in [0.25, 0.3) is 11.0 Å². The van der Waals surface area contributed by atoms with Crippen LogP contribution in [0.15, 0.2) is 47.3 Å². The van der Waals surface area contributed by atoms with Gasteiger partial charge in [-0.3, -0.25) is 9.59 Å². The van der Waals surface area contributed by atoms with Crippen LogP contribution >= 0.6 is 0 Å². The molecule has 0 spiro atoms. The van der Waals surface area contributed by atoms with Crippen LogP contribution < -0.4 is 5.56 Å². The molecule has 0 bridgehead atoms. The van der Waals surface area contributed by atoms with Gasteiger partial charge in [0.25, 0.3) is 5.56 Å². The van der Waals surface area contributed by atoms with Gasteiger partial charge in [-0.25, -0.2) is 4.98 Å². The van der Waals surface area contributed by atoms with E-state index in [4.69, 9.17) is 15.0 Å². The van der Waals surface area contributed by atoms with Crippen LogP contribution in [-0.2, 0) is 23.0 Å². The van der Waals surface area contributed by atoms with E-state index in [1.165, 1.54) is 0 Å². The summed E-state index contributed by atoms with van der Waals surface area (Å²) in [6, 6.07) is 15.2. The molecule has 6 nitrogen and oxygen atoms in total. The van der Waals surface area contributed by atoms with Gasteiger partial charge in [0.15, 0.2) is 0 Å². The molecule has 1 heterocycles. The zero-order valence-electron chi connectivity index (χ0n) is 18.5. The molecule has 1 fully saturated rings. The van der Waals surface area contributed by atoms with Crippen LogP contribution in [0.3, 0.4) is 0 Å². The molecule has 0 amide bonds. The Bertz CT molecular complexity index is 1240. The molecule has 1 aliphatic rings. The molecule has 6 heteroatoms. The van der Waals surface area contributed by atoms with E-state index >= 15 is 0 Å². The molecule has 3 aromatic rings. The summed E-state index contributed by atoms with van der Waals surface area (Å²) in [7, 11) is 1.77. The zero-order valence-corrected chi connectivity index (χ0v) is 18.5. The third-order valence-electron chi connectivity index (χ3n) is 6.41. The van der Waals surface area contributed by atoms with Crippen molar-refractivity contribution in [1.82, 2.24) is 9.55 Å². The second-order valence-electron chi connectivity index (χ2n) is 8.37. The summed E-state index contributed by atoms with van der Waals surface area (Å²) < 4.78 is 7.02. The Morgan fingerprint density at radius 2 is 1.94 bits per heavy atom. The molecule has 32 heavy (non-hydrogen) atoms. The Labute approximate surface area is 187 Å². The summed E-state index contributed by atoms with van der Waals surface area (Å²) in [5.41, 5.74) is 4.39. The van der Waals surface area contributed by atoms with Crippen molar-refractivity contribution in [2.45, 2.75) is 44.9 Å². The minimum atomic E-state index is -0.185. The summed E-state index contributed by atoms with van der Waals surface area (Å²) in [5.74, 6) is -0.300. The van der Waals surface area contributed by atoms with E-state index in [1.807, 2.05) is 37.3 Å². The highest BCUT2D eigenvalue weighted by atomic mass is 16.5. The number of hydrogen-bond acceptors (Lipinski definition) is 5. The summed E-state index contributed by atoms with van der Waals surface area (Å²) in [6.45, 7) is 2.21. The van der Waals surface area contributed by atoms with Crippen molar-refractivity contribution in [1.29, 1.82) is 5.26 Å². The van der Waals surface area contributed by atoms with Gasteiger partial charge in [0.05, 0.1) is 35.2 Å². The molecule has 1 aromatic heterocycles. The predicted molar refractivity (Wildman–Crippen MR) is 122 cm³/mol. The monoisotopic (exact) mass is 429 g/mol. The largest absolute Gasteiger partial charge is 0.466 e. The first-order valence-electron chi connectivity index (χ1n) is 11.2. The van der Waals surface area contributed by atoms with Crippen molar-refractivity contribution in [3.05, 3.63) is 75.2 Å². The SMILES string of the molecule is CCOC(=O)C1CCCCC1c1cccc2c1nc(Cc1ccc(C#N)cc1)c(=O)n2C. The van der Waals surface area contributed by atoms with Gasteiger partial charge in [0.1, 0.15) is 5.69 Å². The Morgan fingerprint density at radius 1 is 1.19 bits per heavy atom. The van der Waals surface area contributed by atoms with E-state index in [1.54, 1.807) is 23.7 Å². The maximum atomic E-state index is 13.0. The van der Waals surface area contributed by atoms with Crippen LogP contribution in [-0.4, -0.2) is 22.1 Å². The van der Waals surface area contributed by atoms with Crippen LogP contribution in [0.4, 0.5) is 0 Å². The van der Waals surface area contributed by atoms with E-state index in [9.17, 15) is 9.59 Å². The number of aromatic nitrogens is 2. The zero-order chi connectivity index (χ0) is 22.7. The van der Waals surface area contributed by atoms with Crippen LogP contribution in [0.1, 0.15) is 60.9 Å². The standard InChI is InChI=1S/C26H27N3O3/c1-3-32-26(31)21-8-5-4-7-19(21)20-9-6-10-23-24(20)28-22(25(30)29(23)2)15-17-11-13-18(16-27)14-12-17/h6,9-14,19,21H,3-5,7-8,15H2,1-2H3. The highest BCUT2D eigenvalue weighted by Crippen LogP contribution is 2.40. The molecule has 0 saturated heterocycles. The Balaban J connectivity index is 1.79. The fourth-order valence-corrected chi connectivity index (χ4v) is 4.77. The number of fused-ring (bicyclic) bond motifs is 1. The van der Waals surface area contributed by atoms with E-state index in [0.29, 0.717) is 24.3 Å². The number of aryl methyl sites for hydroxylation is 1. The average Bonchev–Trinajstić information content (AvgIpc) is 2.82. The van der Waals surface area contributed by atoms with Gasteiger partial charge in [-0.05, 0) is 55.0 Å². The van der Waals surface area contributed by atoms with Crippen LogP contribution in [0.2, 0.25) is 0 Å². The van der Waals surface area contributed by atoms with E-state index in [2.05, 4.69) is 6.07 Å². The normalized spacial score (nSPS) is 18.3. The van der Waals surface area contributed by atoms with Gasteiger partial charge in [0.2, 0.25) is 0 Å². The molecule has 0 N–H and O–H groups in total. The number of nitriles is 1. The molecular weight excluding hydrogens is 402 g/mol. The third-order valence-corrected chi connectivity index (χ3v) is 6.41. The van der Waals surface area contributed by atoms with E-state index < -0.39 is 0 Å². The van der Waals surface area contributed by atoms with Crippen LogP contribution in [0, 0.1) is 17.2 Å². The Kier molecular flexibility index (Phi) is 6.36. The number of ether oxygens (including phenoxy) is 1. The lowest BCUT2D eigenvalue weighted by molar-refractivity contribution is -0.149. The first-order valence-corrected chi connectivity index (χ1v) is 11.2. The quantitative estimate of drug-likeness (QED) is 0.567. The number of nitrogens with zero attached hydrogens (tertiary/aromatic N) is 3. The lowest BCUT2D eigenvalue weighted by Crippen LogP contribution is -2.29. The maximum Gasteiger partial charge on any atom is 0.309 e. The lowest BCUT2D eigenvalue weighted by Gasteiger charge is -2.30. The number of para-hydroxylation sites is 1. The first-order chi connectivity index (χ1) is 15.5. The fraction of sp³-hybridized carbons (Fsp3) is 0.385. The van der Waals surface area contributed by atoms with Gasteiger partial charge in [0, 0.05) is 13.5 Å². The molecule has 1 saturated carbocycles. The third kappa shape index (κ3) is 4.16. The number of carbonyl (C=O) groups excluding carboxylic acids is 1. The van der Waals surface area contributed by atoms with E-state index in [0.717, 1.165) is 47.8 Å². The second kappa shape index (κ2) is 9.35. The minimum Gasteiger partial charge on any atom is -0.466 e. The first kappa shape index (κ1) is 21.8. The van der Waals surface area contributed by atoms with Gasteiger partial charge in [-0.15, -0.1) is 0 Å². The Hall–Kier alpha value is -3.46. The van der Waals surface area contributed by atoms with Gasteiger partial charge < -0.3 is 9.30 Å². The van der Waals surface area contributed by atoms with Gasteiger partial charge in [-0.1, -0.05) is 37.1 Å².